The van der Waals surface area contributed by atoms with Gasteiger partial charge in [-0.2, -0.15) is 0 Å². The third kappa shape index (κ3) is 2.89. The summed E-state index contributed by atoms with van der Waals surface area (Å²) in [5.74, 6) is 0. The predicted octanol–water partition coefficient (Wildman–Crippen LogP) is 4.81. The zero-order valence-electron chi connectivity index (χ0n) is 13.9. The summed E-state index contributed by atoms with van der Waals surface area (Å²) in [6, 6.07) is 27.5. The summed E-state index contributed by atoms with van der Waals surface area (Å²) in [6.45, 7) is 0. The molecule has 3 aromatic carbocycles. The van der Waals surface area contributed by atoms with Gasteiger partial charge in [0.25, 0.3) is 5.56 Å². The first-order valence-corrected chi connectivity index (χ1v) is 8.29. The summed E-state index contributed by atoms with van der Waals surface area (Å²) >= 11 is 0. The number of carbonyl (C=O) groups excluding carboxylic acids is 1. The van der Waals surface area contributed by atoms with Gasteiger partial charge in [-0.3, -0.25) is 9.59 Å². The van der Waals surface area contributed by atoms with E-state index in [9.17, 15) is 9.59 Å². The average Bonchev–Trinajstić information content (AvgIpc) is 2.69. The molecule has 1 N–H and O–H groups in total. The highest BCUT2D eigenvalue weighted by molar-refractivity contribution is 5.89. The molecule has 4 rings (SSSR count). The second kappa shape index (κ2) is 6.69. The normalized spacial score (nSPS) is 10.6. The first-order chi connectivity index (χ1) is 12.8. The number of aromatic nitrogens is 1. The smallest absolute Gasteiger partial charge is 0.259 e. The Hall–Kier alpha value is -3.66. The maximum atomic E-state index is 12.0. The van der Waals surface area contributed by atoms with Gasteiger partial charge < -0.3 is 9.88 Å². The number of para-hydroxylation sites is 2. The van der Waals surface area contributed by atoms with Crippen molar-refractivity contribution in [1.29, 1.82) is 0 Å². The number of aldehydes is 1. The summed E-state index contributed by atoms with van der Waals surface area (Å²) in [4.78, 5) is 27.9. The van der Waals surface area contributed by atoms with Crippen molar-refractivity contribution in [2.24, 2.45) is 0 Å². The molecule has 0 amide bonds. The molecule has 0 saturated carbocycles. The van der Waals surface area contributed by atoms with Gasteiger partial charge in [0.15, 0.2) is 6.29 Å². The Morgan fingerprint density at radius 1 is 0.731 bits per heavy atom. The minimum absolute atomic E-state index is 0.133. The molecule has 0 unspecified atom stereocenters. The average molecular weight is 340 g/mol. The van der Waals surface area contributed by atoms with Crippen LogP contribution >= 0.6 is 0 Å². The van der Waals surface area contributed by atoms with E-state index in [1.807, 2.05) is 78.9 Å². The Morgan fingerprint density at radius 3 is 1.92 bits per heavy atom. The number of anilines is 3. The zero-order valence-corrected chi connectivity index (χ0v) is 13.9. The van der Waals surface area contributed by atoms with E-state index in [0.29, 0.717) is 11.8 Å². The molecule has 0 atom stereocenters. The number of nitrogens with zero attached hydrogens (tertiary/aromatic N) is 1. The fourth-order valence-corrected chi connectivity index (χ4v) is 3.03. The van der Waals surface area contributed by atoms with E-state index in [1.54, 1.807) is 6.07 Å². The lowest BCUT2D eigenvalue weighted by Gasteiger charge is -2.25. The largest absolute Gasteiger partial charge is 0.321 e. The molecule has 0 spiro atoms. The highest BCUT2D eigenvalue weighted by Crippen LogP contribution is 2.35. The van der Waals surface area contributed by atoms with Crippen LogP contribution in [0.3, 0.4) is 0 Å². The van der Waals surface area contributed by atoms with Crippen LogP contribution in [0.2, 0.25) is 0 Å². The molecule has 26 heavy (non-hydrogen) atoms. The number of hydrogen-bond donors (Lipinski definition) is 1. The van der Waals surface area contributed by atoms with Gasteiger partial charge >= 0.3 is 0 Å². The summed E-state index contributed by atoms with van der Waals surface area (Å²) in [5, 5.41) is 0.816. The second-order valence-corrected chi connectivity index (χ2v) is 5.95. The van der Waals surface area contributed by atoms with Crippen molar-refractivity contribution in [3.05, 3.63) is 101 Å². The lowest BCUT2D eigenvalue weighted by atomic mass is 10.1. The van der Waals surface area contributed by atoms with E-state index in [4.69, 9.17) is 0 Å². The summed E-state index contributed by atoms with van der Waals surface area (Å²) in [6.07, 6.45) is 0.576. The van der Waals surface area contributed by atoms with Crippen LogP contribution in [0, 0.1) is 0 Å². The van der Waals surface area contributed by atoms with Gasteiger partial charge in [-0.1, -0.05) is 42.5 Å². The van der Waals surface area contributed by atoms with Crippen molar-refractivity contribution in [2.45, 2.75) is 0 Å². The molecule has 0 radical (unpaired) electrons. The maximum Gasteiger partial charge on any atom is 0.259 e. The first-order valence-electron chi connectivity index (χ1n) is 8.29. The maximum absolute atomic E-state index is 12.0. The number of H-pyrrole nitrogens is 1. The molecule has 0 aliphatic rings. The van der Waals surface area contributed by atoms with Crippen molar-refractivity contribution in [2.75, 3.05) is 4.90 Å². The fourth-order valence-electron chi connectivity index (χ4n) is 3.03. The third-order valence-electron chi connectivity index (χ3n) is 4.27. The molecule has 4 nitrogen and oxygen atoms in total. The standard InChI is InChI=1S/C22H16N2O2/c25-15-17-13-16-11-12-20(14-21(16)23-22(17)26)24(18-7-3-1-4-8-18)19-9-5-2-6-10-19/h1-15H,(H,23,26). The lowest BCUT2D eigenvalue weighted by Crippen LogP contribution is -2.13. The van der Waals surface area contributed by atoms with Gasteiger partial charge in [0.1, 0.15) is 0 Å². The number of carbonyl (C=O) groups is 1. The van der Waals surface area contributed by atoms with Crippen LogP contribution in [0.1, 0.15) is 10.4 Å². The van der Waals surface area contributed by atoms with Crippen LogP contribution in [0.15, 0.2) is 89.7 Å². The Bertz CT molecular complexity index is 1080. The zero-order chi connectivity index (χ0) is 17.9. The summed E-state index contributed by atoms with van der Waals surface area (Å²) in [7, 11) is 0. The van der Waals surface area contributed by atoms with Crippen molar-refractivity contribution in [3.8, 4) is 0 Å². The van der Waals surface area contributed by atoms with Gasteiger partial charge in [-0.15, -0.1) is 0 Å². The van der Waals surface area contributed by atoms with Gasteiger partial charge in [0.05, 0.1) is 11.1 Å². The topological polar surface area (TPSA) is 53.2 Å². The monoisotopic (exact) mass is 340 g/mol. The van der Waals surface area contributed by atoms with E-state index >= 15 is 0 Å². The van der Waals surface area contributed by atoms with Crippen LogP contribution in [-0.2, 0) is 0 Å². The van der Waals surface area contributed by atoms with Gasteiger partial charge in [0, 0.05) is 17.1 Å². The molecule has 0 saturated heterocycles. The number of hydrogen-bond acceptors (Lipinski definition) is 3. The minimum Gasteiger partial charge on any atom is -0.321 e. The first kappa shape index (κ1) is 15.8. The minimum atomic E-state index is -0.379. The SMILES string of the molecule is O=Cc1cc2ccc(N(c3ccccc3)c3ccccc3)cc2[nH]c1=O. The van der Waals surface area contributed by atoms with Crippen LogP contribution in [0.5, 0.6) is 0 Å². The van der Waals surface area contributed by atoms with Gasteiger partial charge in [0.2, 0.25) is 0 Å². The highest BCUT2D eigenvalue weighted by atomic mass is 16.1. The quantitative estimate of drug-likeness (QED) is 0.542. The molecule has 1 heterocycles. The predicted molar refractivity (Wildman–Crippen MR) is 105 cm³/mol. The second-order valence-electron chi connectivity index (χ2n) is 5.95. The number of fused-ring (bicyclic) bond motifs is 1. The summed E-state index contributed by atoms with van der Waals surface area (Å²) < 4.78 is 0. The molecule has 0 bridgehead atoms. The van der Waals surface area contributed by atoms with E-state index in [0.717, 1.165) is 22.4 Å². The Morgan fingerprint density at radius 2 is 1.35 bits per heavy atom. The molecule has 4 heteroatoms. The Balaban J connectivity index is 1.91. The van der Waals surface area contributed by atoms with Crippen LogP contribution in [0.25, 0.3) is 10.9 Å². The van der Waals surface area contributed by atoms with E-state index < -0.39 is 0 Å². The Labute approximate surface area is 150 Å². The number of aromatic amines is 1. The van der Waals surface area contributed by atoms with E-state index in [2.05, 4.69) is 9.88 Å². The van der Waals surface area contributed by atoms with Crippen molar-refractivity contribution in [1.82, 2.24) is 4.98 Å². The van der Waals surface area contributed by atoms with Crippen LogP contribution < -0.4 is 10.5 Å². The van der Waals surface area contributed by atoms with Gasteiger partial charge in [-0.05, 0) is 47.9 Å². The molecular formula is C22H16N2O2. The third-order valence-corrected chi connectivity index (χ3v) is 4.27. The highest BCUT2D eigenvalue weighted by Gasteiger charge is 2.13. The van der Waals surface area contributed by atoms with Crippen molar-refractivity contribution < 1.29 is 4.79 Å². The molecule has 4 aromatic rings. The molecule has 126 valence electrons. The number of nitrogens with one attached hydrogen (secondary N) is 1. The molecule has 0 aliphatic carbocycles. The molecular weight excluding hydrogens is 324 g/mol. The Kier molecular flexibility index (Phi) is 4.07. The molecule has 0 fully saturated rings. The van der Waals surface area contributed by atoms with E-state index in [1.165, 1.54) is 0 Å². The van der Waals surface area contributed by atoms with Crippen molar-refractivity contribution >= 4 is 34.3 Å². The van der Waals surface area contributed by atoms with Gasteiger partial charge in [-0.25, -0.2) is 0 Å². The lowest BCUT2D eigenvalue weighted by molar-refractivity contribution is 0.112. The van der Waals surface area contributed by atoms with Crippen LogP contribution in [-0.4, -0.2) is 11.3 Å². The van der Waals surface area contributed by atoms with Crippen molar-refractivity contribution in [3.63, 3.8) is 0 Å². The number of benzene rings is 3. The fraction of sp³-hybridized carbons (Fsp3) is 0. The van der Waals surface area contributed by atoms with E-state index in [-0.39, 0.29) is 11.1 Å². The van der Waals surface area contributed by atoms with Crippen LogP contribution in [0.4, 0.5) is 17.1 Å². The molecule has 0 aliphatic heterocycles. The number of pyridine rings is 1. The number of rotatable bonds is 4. The molecule has 1 aromatic heterocycles. The summed E-state index contributed by atoms with van der Waals surface area (Å²) in [5.41, 5.74) is 3.40.